The van der Waals surface area contributed by atoms with Crippen molar-refractivity contribution < 1.29 is 4.79 Å². The van der Waals surface area contributed by atoms with Gasteiger partial charge in [-0.15, -0.1) is 0 Å². The number of H-pyrrole nitrogens is 1. The predicted molar refractivity (Wildman–Crippen MR) is 81.9 cm³/mol. The number of benzene rings is 1. The second-order valence-corrected chi connectivity index (χ2v) is 4.91. The summed E-state index contributed by atoms with van der Waals surface area (Å²) in [7, 11) is 0. The highest BCUT2D eigenvalue weighted by molar-refractivity contribution is 5.92. The van der Waals surface area contributed by atoms with Crippen molar-refractivity contribution in [2.45, 2.75) is 13.0 Å². The largest absolute Gasteiger partial charge is 0.344 e. The monoisotopic (exact) mass is 293 g/mol. The van der Waals surface area contributed by atoms with Crippen LogP contribution in [0, 0.1) is 0 Å². The maximum absolute atomic E-state index is 11.9. The zero-order valence-corrected chi connectivity index (χ0v) is 12.0. The Labute approximate surface area is 127 Å². The number of amides is 1. The van der Waals surface area contributed by atoms with E-state index in [-0.39, 0.29) is 17.6 Å². The van der Waals surface area contributed by atoms with Crippen molar-refractivity contribution >= 4 is 5.91 Å². The molecule has 3 aromatic rings. The minimum Gasteiger partial charge on any atom is -0.344 e. The number of carbonyl (C=O) groups is 1. The third-order valence-electron chi connectivity index (χ3n) is 3.40. The van der Waals surface area contributed by atoms with Crippen LogP contribution in [-0.4, -0.2) is 26.3 Å². The van der Waals surface area contributed by atoms with E-state index >= 15 is 0 Å². The van der Waals surface area contributed by atoms with E-state index in [1.165, 1.54) is 6.20 Å². The van der Waals surface area contributed by atoms with Crippen LogP contribution in [0.1, 0.15) is 29.0 Å². The number of hydrogen-bond acceptors (Lipinski definition) is 4. The predicted octanol–water partition coefficient (Wildman–Crippen LogP) is 2.36. The number of hydrogen-bond donors (Lipinski definition) is 2. The van der Waals surface area contributed by atoms with Crippen LogP contribution < -0.4 is 5.32 Å². The second-order valence-electron chi connectivity index (χ2n) is 4.91. The average Bonchev–Trinajstić information content (AvgIpc) is 3.10. The minimum atomic E-state index is -0.252. The Morgan fingerprint density at radius 1 is 1.14 bits per heavy atom. The summed E-state index contributed by atoms with van der Waals surface area (Å²) in [6.07, 6.45) is 4.97. The Morgan fingerprint density at radius 3 is 2.59 bits per heavy atom. The van der Waals surface area contributed by atoms with Gasteiger partial charge in [0.05, 0.1) is 12.2 Å². The molecule has 0 bridgehead atoms. The second kappa shape index (κ2) is 6.17. The van der Waals surface area contributed by atoms with Gasteiger partial charge in [0.25, 0.3) is 5.91 Å². The van der Waals surface area contributed by atoms with Gasteiger partial charge in [-0.05, 0) is 29.7 Å². The number of rotatable bonds is 4. The molecule has 0 fully saturated rings. The first-order valence-electron chi connectivity index (χ1n) is 6.91. The molecule has 1 aromatic carbocycles. The van der Waals surface area contributed by atoms with E-state index in [1.54, 1.807) is 6.20 Å². The SMILES string of the molecule is C[C@H](NC(=O)c1cn[nH]n1)c1ccc(-c2cccnc2)cc1. The molecule has 0 radical (unpaired) electrons. The lowest BCUT2D eigenvalue weighted by Gasteiger charge is -2.14. The molecule has 22 heavy (non-hydrogen) atoms. The molecule has 0 saturated heterocycles. The quantitative estimate of drug-likeness (QED) is 0.773. The Hall–Kier alpha value is -3.02. The van der Waals surface area contributed by atoms with E-state index in [4.69, 9.17) is 0 Å². The molecule has 0 saturated carbocycles. The van der Waals surface area contributed by atoms with Gasteiger partial charge in [0.2, 0.25) is 0 Å². The van der Waals surface area contributed by atoms with Crippen molar-refractivity contribution in [3.05, 3.63) is 66.2 Å². The van der Waals surface area contributed by atoms with Gasteiger partial charge in [-0.25, -0.2) is 0 Å². The highest BCUT2D eigenvalue weighted by Gasteiger charge is 2.13. The lowest BCUT2D eigenvalue weighted by Crippen LogP contribution is -2.26. The Balaban J connectivity index is 1.71. The molecule has 2 N–H and O–H groups in total. The topological polar surface area (TPSA) is 83.6 Å². The molecule has 3 rings (SSSR count). The molecular weight excluding hydrogens is 278 g/mol. The Kier molecular flexibility index (Phi) is 3.91. The van der Waals surface area contributed by atoms with Crippen LogP contribution in [-0.2, 0) is 0 Å². The van der Waals surface area contributed by atoms with Crippen LogP contribution in [0.2, 0.25) is 0 Å². The maximum Gasteiger partial charge on any atom is 0.273 e. The molecule has 110 valence electrons. The summed E-state index contributed by atoms with van der Waals surface area (Å²) in [5.41, 5.74) is 3.45. The number of pyridine rings is 1. The summed E-state index contributed by atoms with van der Waals surface area (Å²) in [4.78, 5) is 16.0. The molecular formula is C16H15N5O. The summed E-state index contributed by atoms with van der Waals surface area (Å²) in [6.45, 7) is 1.93. The smallest absolute Gasteiger partial charge is 0.273 e. The first-order chi connectivity index (χ1) is 10.7. The number of aromatic amines is 1. The molecule has 0 spiro atoms. The van der Waals surface area contributed by atoms with Gasteiger partial charge < -0.3 is 5.32 Å². The summed E-state index contributed by atoms with van der Waals surface area (Å²) in [5, 5.41) is 12.7. The first kappa shape index (κ1) is 13.9. The number of nitrogens with one attached hydrogen (secondary N) is 2. The van der Waals surface area contributed by atoms with Gasteiger partial charge in [0.1, 0.15) is 0 Å². The standard InChI is InChI=1S/C16H15N5O/c1-11(19-16(22)15-10-18-21-20-15)12-4-6-13(7-5-12)14-3-2-8-17-9-14/h2-11H,1H3,(H,19,22)(H,18,20,21)/t11-/m0/s1. The van der Waals surface area contributed by atoms with Crippen LogP contribution in [0.15, 0.2) is 55.0 Å². The van der Waals surface area contributed by atoms with Crippen molar-refractivity contribution in [1.29, 1.82) is 0 Å². The first-order valence-corrected chi connectivity index (χ1v) is 6.91. The van der Waals surface area contributed by atoms with E-state index < -0.39 is 0 Å². The van der Waals surface area contributed by atoms with E-state index in [0.29, 0.717) is 0 Å². The van der Waals surface area contributed by atoms with Gasteiger partial charge in [0, 0.05) is 12.4 Å². The summed E-state index contributed by atoms with van der Waals surface area (Å²) >= 11 is 0. The Bertz CT molecular complexity index is 738. The molecule has 1 atom stereocenters. The van der Waals surface area contributed by atoms with Gasteiger partial charge in [-0.3, -0.25) is 9.78 Å². The van der Waals surface area contributed by atoms with Crippen molar-refractivity contribution in [3.63, 3.8) is 0 Å². The number of carbonyl (C=O) groups excluding carboxylic acids is 1. The van der Waals surface area contributed by atoms with Gasteiger partial charge in [-0.2, -0.15) is 15.4 Å². The fourth-order valence-corrected chi connectivity index (χ4v) is 2.16. The van der Waals surface area contributed by atoms with Crippen LogP contribution in [0.5, 0.6) is 0 Å². The molecule has 2 aromatic heterocycles. The highest BCUT2D eigenvalue weighted by atomic mass is 16.2. The fraction of sp³-hybridized carbons (Fsp3) is 0.125. The Morgan fingerprint density at radius 2 is 1.95 bits per heavy atom. The van der Waals surface area contributed by atoms with Crippen molar-refractivity contribution in [2.75, 3.05) is 0 Å². The third kappa shape index (κ3) is 3.01. The normalized spacial score (nSPS) is 11.9. The lowest BCUT2D eigenvalue weighted by molar-refractivity contribution is 0.0935. The van der Waals surface area contributed by atoms with Crippen LogP contribution >= 0.6 is 0 Å². The van der Waals surface area contributed by atoms with Crippen LogP contribution in [0.4, 0.5) is 0 Å². The summed E-state index contributed by atoms with van der Waals surface area (Å²) in [5.74, 6) is -0.252. The highest BCUT2D eigenvalue weighted by Crippen LogP contribution is 2.21. The molecule has 0 unspecified atom stereocenters. The molecule has 1 amide bonds. The van der Waals surface area contributed by atoms with Crippen LogP contribution in [0.25, 0.3) is 11.1 Å². The molecule has 0 aliphatic rings. The zero-order chi connectivity index (χ0) is 15.4. The van der Waals surface area contributed by atoms with Crippen molar-refractivity contribution in [1.82, 2.24) is 25.7 Å². The maximum atomic E-state index is 11.9. The minimum absolute atomic E-state index is 0.118. The van der Waals surface area contributed by atoms with Crippen molar-refractivity contribution in [2.24, 2.45) is 0 Å². The van der Waals surface area contributed by atoms with E-state index in [1.807, 2.05) is 49.5 Å². The van der Waals surface area contributed by atoms with E-state index in [9.17, 15) is 4.79 Å². The fourth-order valence-electron chi connectivity index (χ4n) is 2.16. The molecule has 6 nitrogen and oxygen atoms in total. The molecule has 6 heteroatoms. The zero-order valence-electron chi connectivity index (χ0n) is 12.0. The summed E-state index contributed by atoms with van der Waals surface area (Å²) < 4.78 is 0. The van der Waals surface area contributed by atoms with Gasteiger partial charge >= 0.3 is 0 Å². The van der Waals surface area contributed by atoms with Gasteiger partial charge in [0.15, 0.2) is 5.69 Å². The average molecular weight is 293 g/mol. The summed E-state index contributed by atoms with van der Waals surface area (Å²) in [6, 6.07) is 11.8. The lowest BCUT2D eigenvalue weighted by atomic mass is 10.0. The number of aromatic nitrogens is 4. The van der Waals surface area contributed by atoms with E-state index in [0.717, 1.165) is 16.7 Å². The molecule has 2 heterocycles. The van der Waals surface area contributed by atoms with Gasteiger partial charge in [-0.1, -0.05) is 30.3 Å². The molecule has 0 aliphatic carbocycles. The third-order valence-corrected chi connectivity index (χ3v) is 3.40. The molecule has 0 aliphatic heterocycles. The van der Waals surface area contributed by atoms with E-state index in [2.05, 4.69) is 25.7 Å². The van der Waals surface area contributed by atoms with Crippen molar-refractivity contribution in [3.8, 4) is 11.1 Å². The van der Waals surface area contributed by atoms with Crippen LogP contribution in [0.3, 0.4) is 0 Å². The number of nitrogens with zero attached hydrogens (tertiary/aromatic N) is 3.